The van der Waals surface area contributed by atoms with Crippen molar-refractivity contribution in [1.29, 1.82) is 0 Å². The Bertz CT molecular complexity index is 1130. The van der Waals surface area contributed by atoms with Gasteiger partial charge in [-0.15, -0.1) is 0 Å². The van der Waals surface area contributed by atoms with Gasteiger partial charge in [0.15, 0.2) is 6.61 Å². The van der Waals surface area contributed by atoms with E-state index in [9.17, 15) is 14.4 Å². The quantitative estimate of drug-likeness (QED) is 0.577. The highest BCUT2D eigenvalue weighted by Crippen LogP contribution is 2.29. The van der Waals surface area contributed by atoms with Crippen LogP contribution in [0.2, 0.25) is 10.0 Å². The van der Waals surface area contributed by atoms with Gasteiger partial charge in [-0.05, 0) is 54.6 Å². The summed E-state index contributed by atoms with van der Waals surface area (Å²) in [6.45, 7) is -0.249. The van der Waals surface area contributed by atoms with Crippen LogP contribution in [0.3, 0.4) is 0 Å². The molecule has 1 N–H and O–H groups in total. The number of amides is 3. The predicted octanol–water partition coefficient (Wildman–Crippen LogP) is 4.81. The lowest BCUT2D eigenvalue weighted by atomic mass is 10.1. The lowest BCUT2D eigenvalue weighted by Gasteiger charge is -2.14. The number of ether oxygens (including phenoxy) is 1. The Kier molecular flexibility index (Phi) is 5.44. The van der Waals surface area contributed by atoms with Gasteiger partial charge < -0.3 is 10.1 Å². The third-order valence-corrected chi connectivity index (χ3v) is 4.99. The second kappa shape index (κ2) is 8.18. The first-order valence-electron chi connectivity index (χ1n) is 8.89. The normalized spacial score (nSPS) is 12.7. The molecule has 3 aromatic carbocycles. The molecule has 0 unspecified atom stereocenters. The molecular weight excluding hydrogens is 427 g/mol. The minimum atomic E-state index is -0.394. The number of rotatable bonds is 5. The molecule has 30 heavy (non-hydrogen) atoms. The average molecular weight is 441 g/mol. The van der Waals surface area contributed by atoms with Crippen LogP contribution in [0.4, 0.5) is 11.4 Å². The zero-order valence-electron chi connectivity index (χ0n) is 15.4. The highest BCUT2D eigenvalue weighted by molar-refractivity contribution is 6.35. The van der Waals surface area contributed by atoms with E-state index >= 15 is 0 Å². The molecule has 0 saturated carbocycles. The first-order chi connectivity index (χ1) is 14.4. The summed E-state index contributed by atoms with van der Waals surface area (Å²) in [5.41, 5.74) is 1.66. The fourth-order valence-electron chi connectivity index (χ4n) is 3.05. The van der Waals surface area contributed by atoms with Crippen molar-refractivity contribution < 1.29 is 19.1 Å². The summed E-state index contributed by atoms with van der Waals surface area (Å²) in [7, 11) is 0. The molecule has 0 saturated heterocycles. The van der Waals surface area contributed by atoms with Crippen molar-refractivity contribution >= 4 is 52.3 Å². The van der Waals surface area contributed by atoms with Crippen LogP contribution in [0.1, 0.15) is 20.7 Å². The number of nitrogens with one attached hydrogen (secondary N) is 1. The van der Waals surface area contributed by atoms with Gasteiger partial charge in [-0.1, -0.05) is 35.3 Å². The summed E-state index contributed by atoms with van der Waals surface area (Å²) in [5, 5.41) is 3.45. The molecule has 150 valence electrons. The number of halogens is 2. The average Bonchev–Trinajstić information content (AvgIpc) is 2.99. The smallest absolute Gasteiger partial charge is 0.266 e. The Labute approximate surface area is 182 Å². The van der Waals surface area contributed by atoms with Gasteiger partial charge in [0.2, 0.25) is 0 Å². The SMILES string of the molecule is O=C(COc1ccc(Cl)cc1Cl)Nc1ccc(N2C(=O)c3ccccc3C2=O)cc1. The minimum Gasteiger partial charge on any atom is -0.482 e. The molecule has 4 rings (SSSR count). The molecule has 6 nitrogen and oxygen atoms in total. The first kappa shape index (κ1) is 19.9. The highest BCUT2D eigenvalue weighted by Gasteiger charge is 2.36. The molecule has 0 aromatic heterocycles. The van der Waals surface area contributed by atoms with Crippen molar-refractivity contribution in [1.82, 2.24) is 0 Å². The van der Waals surface area contributed by atoms with Crippen LogP contribution >= 0.6 is 23.2 Å². The highest BCUT2D eigenvalue weighted by atomic mass is 35.5. The van der Waals surface area contributed by atoms with Crippen LogP contribution in [0.15, 0.2) is 66.7 Å². The molecule has 1 aliphatic rings. The molecule has 0 spiro atoms. The number of hydrogen-bond donors (Lipinski definition) is 1. The first-order valence-corrected chi connectivity index (χ1v) is 9.65. The number of anilines is 2. The Balaban J connectivity index is 1.40. The van der Waals surface area contributed by atoms with Gasteiger partial charge in [-0.3, -0.25) is 14.4 Å². The lowest BCUT2D eigenvalue weighted by molar-refractivity contribution is -0.118. The molecule has 8 heteroatoms. The van der Waals surface area contributed by atoms with Crippen molar-refractivity contribution in [2.45, 2.75) is 0 Å². The molecular formula is C22H14Cl2N2O4. The number of hydrogen-bond acceptors (Lipinski definition) is 4. The second-order valence-electron chi connectivity index (χ2n) is 6.45. The van der Waals surface area contributed by atoms with Gasteiger partial charge in [-0.25, -0.2) is 4.90 Å². The van der Waals surface area contributed by atoms with E-state index in [1.54, 1.807) is 60.7 Å². The van der Waals surface area contributed by atoms with Crippen LogP contribution in [0.25, 0.3) is 0 Å². The molecule has 0 bridgehead atoms. The minimum absolute atomic E-state index is 0.249. The summed E-state index contributed by atoms with van der Waals surface area (Å²) >= 11 is 11.8. The molecule has 0 atom stereocenters. The van der Waals surface area contributed by atoms with Crippen LogP contribution in [-0.2, 0) is 4.79 Å². The summed E-state index contributed by atoms with van der Waals surface area (Å²) in [6.07, 6.45) is 0. The van der Waals surface area contributed by atoms with E-state index in [0.717, 1.165) is 4.90 Å². The van der Waals surface area contributed by atoms with Gasteiger partial charge in [-0.2, -0.15) is 0 Å². The zero-order valence-corrected chi connectivity index (χ0v) is 16.9. The van der Waals surface area contributed by atoms with Crippen molar-refractivity contribution in [3.8, 4) is 5.75 Å². The van der Waals surface area contributed by atoms with E-state index in [1.165, 1.54) is 6.07 Å². The Morgan fingerprint density at radius 1 is 0.900 bits per heavy atom. The number of carbonyl (C=O) groups is 3. The number of benzene rings is 3. The second-order valence-corrected chi connectivity index (χ2v) is 7.29. The number of imide groups is 1. The molecule has 3 aromatic rings. The maximum absolute atomic E-state index is 12.5. The van der Waals surface area contributed by atoms with Crippen LogP contribution in [0, 0.1) is 0 Å². The van der Waals surface area contributed by atoms with Gasteiger partial charge in [0.25, 0.3) is 17.7 Å². The maximum Gasteiger partial charge on any atom is 0.266 e. The van der Waals surface area contributed by atoms with Gasteiger partial charge in [0.1, 0.15) is 5.75 Å². The summed E-state index contributed by atoms with van der Waals surface area (Å²) < 4.78 is 5.39. The van der Waals surface area contributed by atoms with E-state index in [-0.39, 0.29) is 18.4 Å². The molecule has 1 heterocycles. The maximum atomic E-state index is 12.5. The largest absolute Gasteiger partial charge is 0.482 e. The predicted molar refractivity (Wildman–Crippen MR) is 115 cm³/mol. The third-order valence-electron chi connectivity index (χ3n) is 4.46. The van der Waals surface area contributed by atoms with Crippen molar-refractivity contribution in [3.63, 3.8) is 0 Å². The molecule has 0 aliphatic carbocycles. The fraction of sp³-hybridized carbons (Fsp3) is 0.0455. The van der Waals surface area contributed by atoms with E-state index in [2.05, 4.69) is 5.32 Å². The molecule has 0 fully saturated rings. The molecule has 3 amide bonds. The monoisotopic (exact) mass is 440 g/mol. The summed E-state index contributed by atoms with van der Waals surface area (Å²) in [4.78, 5) is 38.3. The van der Waals surface area contributed by atoms with Gasteiger partial charge >= 0.3 is 0 Å². The van der Waals surface area contributed by atoms with Crippen molar-refractivity contribution in [2.24, 2.45) is 0 Å². The van der Waals surface area contributed by atoms with E-state index in [4.69, 9.17) is 27.9 Å². The zero-order chi connectivity index (χ0) is 21.3. The number of carbonyl (C=O) groups excluding carboxylic acids is 3. The van der Waals surface area contributed by atoms with Crippen molar-refractivity contribution in [3.05, 3.63) is 87.9 Å². The number of nitrogens with zero attached hydrogens (tertiary/aromatic N) is 1. The van der Waals surface area contributed by atoms with E-state index in [1.807, 2.05) is 0 Å². The van der Waals surface area contributed by atoms with Crippen molar-refractivity contribution in [2.75, 3.05) is 16.8 Å². The Morgan fingerprint density at radius 2 is 1.53 bits per heavy atom. The summed E-state index contributed by atoms with van der Waals surface area (Å²) in [6, 6.07) is 17.8. The van der Waals surface area contributed by atoms with Gasteiger partial charge in [0, 0.05) is 10.7 Å². The molecule has 0 radical (unpaired) electrons. The Morgan fingerprint density at radius 3 is 2.13 bits per heavy atom. The third kappa shape index (κ3) is 3.87. The lowest BCUT2D eigenvalue weighted by Crippen LogP contribution is -2.29. The van der Waals surface area contributed by atoms with Crippen LogP contribution < -0.4 is 15.0 Å². The van der Waals surface area contributed by atoms with Crippen LogP contribution in [0.5, 0.6) is 5.75 Å². The van der Waals surface area contributed by atoms with Gasteiger partial charge in [0.05, 0.1) is 21.8 Å². The fourth-order valence-corrected chi connectivity index (χ4v) is 3.51. The van der Waals surface area contributed by atoms with E-state index < -0.39 is 5.91 Å². The topological polar surface area (TPSA) is 75.7 Å². The number of fused-ring (bicyclic) bond motifs is 1. The molecule has 1 aliphatic heterocycles. The Hall–Kier alpha value is -3.35. The summed E-state index contributed by atoms with van der Waals surface area (Å²) in [5.74, 6) is -0.798. The van der Waals surface area contributed by atoms with E-state index in [0.29, 0.717) is 38.3 Å². The van der Waals surface area contributed by atoms with Crippen LogP contribution in [-0.4, -0.2) is 24.3 Å². The standard InChI is InChI=1S/C22H14Cl2N2O4/c23-13-5-10-19(18(24)11-13)30-12-20(27)25-14-6-8-15(9-7-14)26-21(28)16-3-1-2-4-17(16)22(26)29/h1-11H,12H2,(H,25,27).